The van der Waals surface area contributed by atoms with Crippen LogP contribution in [0.4, 0.5) is 0 Å². The molecule has 2 aromatic carbocycles. The van der Waals surface area contributed by atoms with Gasteiger partial charge in [-0.3, -0.25) is 33.6 Å². The second-order valence-electron chi connectivity index (χ2n) is 21.3. The summed E-state index contributed by atoms with van der Waals surface area (Å²) in [5, 5.41) is 11.3. The molecule has 1 fully saturated rings. The molecule has 3 aromatic rings. The van der Waals surface area contributed by atoms with Gasteiger partial charge in [-0.05, 0) is 79.3 Å². The third kappa shape index (κ3) is 41.1. The number of hydrogen-bond donors (Lipinski definition) is 1. The summed E-state index contributed by atoms with van der Waals surface area (Å²) in [6.07, 6.45) is 15.1. The molecule has 446 valence electrons. The Morgan fingerprint density at radius 3 is 1.49 bits per heavy atom. The van der Waals surface area contributed by atoms with Gasteiger partial charge >= 0.3 is 0 Å². The molecule has 14 nitrogen and oxygen atoms in total. The molecule has 0 radical (unpaired) electrons. The van der Waals surface area contributed by atoms with Gasteiger partial charge < -0.3 is 14.5 Å². The molecule has 4 rings (SSSR count). The van der Waals surface area contributed by atoms with Gasteiger partial charge in [-0.15, -0.1) is 22.4 Å². The van der Waals surface area contributed by atoms with E-state index in [9.17, 15) is 42.0 Å². The maximum absolute atomic E-state index is 11.6. The van der Waals surface area contributed by atoms with Crippen LogP contribution in [0.15, 0.2) is 83.3 Å². The molecule has 0 saturated carbocycles. The van der Waals surface area contributed by atoms with E-state index in [-0.39, 0.29) is 58.7 Å². The third-order valence-electron chi connectivity index (χ3n) is 12.0. The third-order valence-corrected chi connectivity index (χ3v) is 13.4. The monoisotopic (exact) mass is 1140 g/mol. The maximum atomic E-state index is 11.6. The zero-order valence-electron chi connectivity index (χ0n) is 51.2. The fourth-order valence-corrected chi connectivity index (χ4v) is 6.94. The van der Waals surface area contributed by atoms with E-state index in [2.05, 4.69) is 59.1 Å². The molecule has 1 aliphatic rings. The van der Waals surface area contributed by atoms with Crippen LogP contribution in [0, 0.1) is 66.6 Å². The first-order valence-electron chi connectivity index (χ1n) is 28.3. The van der Waals surface area contributed by atoms with Gasteiger partial charge in [-0.1, -0.05) is 140 Å². The average molecular weight is 1140 g/mol. The van der Waals surface area contributed by atoms with Crippen LogP contribution in [0.2, 0.25) is 0 Å². The highest BCUT2D eigenvalue weighted by atomic mass is 32.2. The minimum absolute atomic E-state index is 0.00793. The number of terminal acetylenes is 1. The predicted molar refractivity (Wildman–Crippen MR) is 325 cm³/mol. The Morgan fingerprint density at radius 1 is 0.667 bits per heavy atom. The molecule has 81 heavy (non-hydrogen) atoms. The number of hydrogen-bond acceptors (Lipinski definition) is 13. The van der Waals surface area contributed by atoms with Crippen molar-refractivity contribution in [3.8, 4) is 35.6 Å². The van der Waals surface area contributed by atoms with Crippen molar-refractivity contribution in [2.24, 2.45) is 35.5 Å². The Hall–Kier alpha value is -6.64. The molecule has 1 amide bonds. The Labute approximate surface area is 486 Å². The summed E-state index contributed by atoms with van der Waals surface area (Å²) < 4.78 is 32.2. The molecule has 1 aliphatic heterocycles. The SMILES string of the molecule is C#CC#Cc1ccc(CCC(=O)C(C)C)cc1.C=C=CC(=O)NCCC(=O)C(C)C.C=CS(=O)(=O)CCCC(=O)C(C)C.CC(C)C(=O)CCC1CO1.CCCCC(=O)C(C)C.Cc1nnc(-c2ccc(CCC(=O)C(C)C)cc2)o1. The number of nitrogens with zero attached hydrogens (tertiary/aromatic N) is 2. The Kier molecular flexibility index (Phi) is 41.6. The van der Waals surface area contributed by atoms with E-state index in [1.807, 2.05) is 132 Å². The molecule has 2 heterocycles. The molecule has 1 N–H and O–H groups in total. The van der Waals surface area contributed by atoms with Crippen molar-refractivity contribution in [1.82, 2.24) is 15.5 Å². The number of epoxide rings is 1. The van der Waals surface area contributed by atoms with Gasteiger partial charge in [0, 0.05) is 110 Å². The van der Waals surface area contributed by atoms with Gasteiger partial charge in [0.05, 0.1) is 18.5 Å². The fraction of sp³-hybridized carbons (Fsp3) is 0.545. The molecule has 1 saturated heterocycles. The Morgan fingerprint density at radius 2 is 1.10 bits per heavy atom. The van der Waals surface area contributed by atoms with Crippen LogP contribution in [-0.4, -0.2) is 84.2 Å². The summed E-state index contributed by atoms with van der Waals surface area (Å²) >= 11 is 0. The van der Waals surface area contributed by atoms with E-state index < -0.39 is 9.84 Å². The van der Waals surface area contributed by atoms with Gasteiger partial charge in [0.25, 0.3) is 5.91 Å². The number of aryl methyl sites for hydroxylation is 3. The first kappa shape index (κ1) is 76.4. The van der Waals surface area contributed by atoms with Gasteiger partial charge in [0.2, 0.25) is 11.8 Å². The highest BCUT2D eigenvalue weighted by Gasteiger charge is 2.23. The second-order valence-corrected chi connectivity index (χ2v) is 23.3. The average Bonchev–Trinajstić information content (AvgIpc) is 4.16. The second kappa shape index (κ2) is 44.1. The van der Waals surface area contributed by atoms with Gasteiger partial charge in [0.1, 0.15) is 34.7 Å². The van der Waals surface area contributed by atoms with E-state index in [4.69, 9.17) is 15.6 Å². The van der Waals surface area contributed by atoms with Crippen LogP contribution in [0.25, 0.3) is 11.5 Å². The van der Waals surface area contributed by atoms with Crippen LogP contribution in [0.1, 0.15) is 177 Å². The number of nitrogens with one attached hydrogen (secondary N) is 1. The molecule has 1 aromatic heterocycles. The number of sulfone groups is 1. The molecule has 15 heteroatoms. The van der Waals surface area contributed by atoms with E-state index in [1.54, 1.807) is 6.92 Å². The lowest BCUT2D eigenvalue weighted by Gasteiger charge is -2.04. The maximum Gasteiger partial charge on any atom is 0.251 e. The number of amides is 1. The van der Waals surface area contributed by atoms with E-state index >= 15 is 0 Å². The molecule has 0 bridgehead atoms. The van der Waals surface area contributed by atoms with Crippen molar-refractivity contribution in [3.63, 3.8) is 0 Å². The molecular formula is C66H95N3O11S. The molecule has 1 unspecified atom stereocenters. The summed E-state index contributed by atoms with van der Waals surface area (Å²) in [5.41, 5.74) is 6.47. The number of carbonyl (C=O) groups excluding carboxylic acids is 7. The van der Waals surface area contributed by atoms with Crippen LogP contribution in [-0.2, 0) is 61.0 Å². The summed E-state index contributed by atoms with van der Waals surface area (Å²) in [5.74, 6) is 10.9. The number of benzene rings is 2. The van der Waals surface area contributed by atoms with Crippen molar-refractivity contribution in [1.29, 1.82) is 0 Å². The number of Topliss-reactive ketones (excluding diaryl/α,β-unsaturated/α-hetero) is 6. The molecule has 1 atom stereocenters. The molecule has 0 aliphatic carbocycles. The van der Waals surface area contributed by atoms with E-state index in [0.717, 1.165) is 72.8 Å². The van der Waals surface area contributed by atoms with Crippen molar-refractivity contribution in [3.05, 3.63) is 101 Å². The van der Waals surface area contributed by atoms with Gasteiger partial charge in [-0.25, -0.2) is 8.42 Å². The van der Waals surface area contributed by atoms with Crippen LogP contribution < -0.4 is 5.32 Å². The summed E-state index contributed by atoms with van der Waals surface area (Å²) in [4.78, 5) is 78.0. The van der Waals surface area contributed by atoms with Crippen LogP contribution in [0.5, 0.6) is 0 Å². The summed E-state index contributed by atoms with van der Waals surface area (Å²) in [6.45, 7) is 34.4. The number of ether oxygens (including phenoxy) is 1. The summed E-state index contributed by atoms with van der Waals surface area (Å²) in [6, 6.07) is 15.7. The summed E-state index contributed by atoms with van der Waals surface area (Å²) in [7, 11) is -3.13. The fourth-order valence-electron chi connectivity index (χ4n) is 6.23. The predicted octanol–water partition coefficient (Wildman–Crippen LogP) is 12.4. The van der Waals surface area contributed by atoms with Gasteiger partial charge in [-0.2, -0.15) is 0 Å². The van der Waals surface area contributed by atoms with Crippen molar-refractivity contribution < 1.29 is 51.1 Å². The van der Waals surface area contributed by atoms with Crippen LogP contribution >= 0.6 is 0 Å². The van der Waals surface area contributed by atoms with Crippen molar-refractivity contribution >= 4 is 50.4 Å². The molecular weight excluding hydrogens is 1040 g/mol. The Balaban J connectivity index is 0. The smallest absolute Gasteiger partial charge is 0.251 e. The quantitative estimate of drug-likeness (QED) is 0.0310. The van der Waals surface area contributed by atoms with Crippen molar-refractivity contribution in [2.45, 2.75) is 180 Å². The lowest BCUT2D eigenvalue weighted by atomic mass is 10.0. The first-order chi connectivity index (χ1) is 38.0. The zero-order chi connectivity index (χ0) is 62.1. The van der Waals surface area contributed by atoms with Gasteiger partial charge in [0.15, 0.2) is 9.84 Å². The minimum Gasteiger partial charge on any atom is -0.421 e. The lowest BCUT2D eigenvalue weighted by molar-refractivity contribution is -0.123. The lowest BCUT2D eigenvalue weighted by Crippen LogP contribution is -2.25. The normalized spacial score (nSPS) is 11.9. The standard InChI is InChI=1S/C16H16O.C15H18N2O2.C10H15NO2.C9H16O3S.C8H14O2.C8H16O/c1-4-5-6-14-7-9-15(10-8-14)11-12-16(17)13(2)3;1-10(2)14(18)9-6-12-4-7-13(8-5-12)15-17-16-11(3)19-15;1-4-5-10(13)11-7-6-9(12)8(2)3;1-4-13(11,12)7-5-6-9(10)8(2)3;1-6(2)8(9)4-3-7-5-10-7;1-4-5-6-8(9)7(2)3/h1,7-10,13H,11-12H2,2-3H3;4-5,7-8,10H,6,9H2,1-3H3;5,8H,1,6-7H2,2-3H3,(H,11,13);4,8H,1,5-7H2,2-3H3;6-7H,3-5H2,1-2H3;7H,4-6H2,1-3H3. The topological polar surface area (TPSA) is 217 Å². The first-order valence-corrected chi connectivity index (χ1v) is 30.0. The highest BCUT2D eigenvalue weighted by Crippen LogP contribution is 2.20. The van der Waals surface area contributed by atoms with E-state index in [0.29, 0.717) is 86.1 Å². The van der Waals surface area contributed by atoms with E-state index in [1.165, 1.54) is 6.08 Å². The number of ketones is 6. The largest absolute Gasteiger partial charge is 0.421 e. The highest BCUT2D eigenvalue weighted by molar-refractivity contribution is 7.94. The number of unbranched alkanes of at least 4 members (excludes halogenated alkanes) is 1. The van der Waals surface area contributed by atoms with Crippen LogP contribution in [0.3, 0.4) is 0 Å². The minimum atomic E-state index is -3.13. The van der Waals surface area contributed by atoms with Crippen molar-refractivity contribution in [2.75, 3.05) is 18.9 Å². The number of aromatic nitrogens is 2. The molecule has 0 spiro atoms. The zero-order valence-corrected chi connectivity index (χ0v) is 52.0. The Bertz CT molecular complexity index is 2650. The number of carbonyl (C=O) groups is 7. The number of rotatable bonds is 28.